The molecule has 166 valence electrons. The molecule has 0 radical (unpaired) electrons. The molecule has 1 N–H and O–H groups in total. The molecule has 2 aliphatic rings. The fourth-order valence-corrected chi connectivity index (χ4v) is 4.59. The van der Waals surface area contributed by atoms with Crippen LogP contribution in [0.5, 0.6) is 5.75 Å². The Balaban J connectivity index is 1.25. The second-order valence-electron chi connectivity index (χ2n) is 9.03. The number of hydrogen-bond acceptors (Lipinski definition) is 3. The van der Waals surface area contributed by atoms with E-state index in [4.69, 9.17) is 4.74 Å². The number of rotatable bonds is 9. The number of carbonyl (C=O) groups is 2. The molecule has 1 saturated heterocycles. The molecule has 0 spiro atoms. The van der Waals surface area contributed by atoms with E-state index in [0.29, 0.717) is 31.8 Å². The minimum atomic E-state index is 0.0876. The van der Waals surface area contributed by atoms with Gasteiger partial charge in [0, 0.05) is 32.0 Å². The van der Waals surface area contributed by atoms with Crippen LogP contribution in [0.1, 0.15) is 76.2 Å². The van der Waals surface area contributed by atoms with Gasteiger partial charge in [0.05, 0.1) is 6.61 Å². The lowest BCUT2D eigenvalue weighted by Crippen LogP contribution is -2.46. The molecule has 1 aromatic rings. The number of ether oxygens (including phenoxy) is 1. The number of amides is 2. The van der Waals surface area contributed by atoms with Crippen LogP contribution in [0.4, 0.5) is 0 Å². The van der Waals surface area contributed by atoms with Crippen molar-refractivity contribution >= 4 is 11.8 Å². The van der Waals surface area contributed by atoms with Gasteiger partial charge in [-0.05, 0) is 50.7 Å². The van der Waals surface area contributed by atoms with E-state index in [1.165, 1.54) is 37.7 Å². The van der Waals surface area contributed by atoms with Gasteiger partial charge in [-0.3, -0.25) is 9.59 Å². The minimum Gasteiger partial charge on any atom is -0.494 e. The second kappa shape index (κ2) is 12.0. The zero-order valence-electron chi connectivity index (χ0n) is 18.5. The second-order valence-corrected chi connectivity index (χ2v) is 9.03. The Hall–Kier alpha value is -2.04. The third-order valence-electron chi connectivity index (χ3n) is 6.54. The quantitative estimate of drug-likeness (QED) is 0.600. The molecule has 1 aliphatic carbocycles. The van der Waals surface area contributed by atoms with Crippen molar-refractivity contribution in [3.8, 4) is 5.75 Å². The van der Waals surface area contributed by atoms with Crippen LogP contribution >= 0.6 is 0 Å². The summed E-state index contributed by atoms with van der Waals surface area (Å²) in [4.78, 5) is 26.7. The van der Waals surface area contributed by atoms with Gasteiger partial charge in [-0.1, -0.05) is 49.8 Å². The normalized spacial score (nSPS) is 18.2. The zero-order chi connectivity index (χ0) is 21.2. The number of hydrogen-bond donors (Lipinski definition) is 1. The Bertz CT molecular complexity index is 659. The van der Waals surface area contributed by atoms with E-state index < -0.39 is 0 Å². The largest absolute Gasteiger partial charge is 0.494 e. The lowest BCUT2D eigenvalue weighted by Gasteiger charge is -2.33. The third kappa shape index (κ3) is 7.66. The van der Waals surface area contributed by atoms with E-state index in [1.807, 2.05) is 36.1 Å². The molecule has 2 fully saturated rings. The summed E-state index contributed by atoms with van der Waals surface area (Å²) in [6, 6.07) is 8.15. The van der Waals surface area contributed by atoms with Crippen LogP contribution in [0.25, 0.3) is 0 Å². The van der Waals surface area contributed by atoms with E-state index in [0.717, 1.165) is 44.0 Å². The summed E-state index contributed by atoms with van der Waals surface area (Å²) in [7, 11) is 0. The molecule has 2 amide bonds. The van der Waals surface area contributed by atoms with E-state index in [9.17, 15) is 9.59 Å². The maximum atomic E-state index is 12.5. The molecular weight excluding hydrogens is 376 g/mol. The Morgan fingerprint density at radius 3 is 2.40 bits per heavy atom. The van der Waals surface area contributed by atoms with Crippen LogP contribution in [-0.4, -0.2) is 42.5 Å². The first-order valence-corrected chi connectivity index (χ1v) is 11.9. The lowest BCUT2D eigenvalue weighted by molar-refractivity contribution is -0.132. The van der Waals surface area contributed by atoms with Crippen molar-refractivity contribution in [2.45, 2.75) is 83.6 Å². The van der Waals surface area contributed by atoms with Crippen molar-refractivity contribution in [2.75, 3.05) is 19.7 Å². The molecule has 0 bridgehead atoms. The highest BCUT2D eigenvalue weighted by molar-refractivity contribution is 5.77. The monoisotopic (exact) mass is 414 g/mol. The zero-order valence-corrected chi connectivity index (χ0v) is 18.5. The summed E-state index contributed by atoms with van der Waals surface area (Å²) in [5, 5.41) is 3.14. The highest BCUT2D eigenvalue weighted by Gasteiger charge is 2.24. The predicted octanol–water partition coefficient (Wildman–Crippen LogP) is 4.62. The van der Waals surface area contributed by atoms with Crippen LogP contribution in [0.15, 0.2) is 24.3 Å². The van der Waals surface area contributed by atoms with Gasteiger partial charge in [0.2, 0.25) is 11.8 Å². The summed E-state index contributed by atoms with van der Waals surface area (Å²) >= 11 is 0. The van der Waals surface area contributed by atoms with Crippen LogP contribution < -0.4 is 10.1 Å². The van der Waals surface area contributed by atoms with Gasteiger partial charge >= 0.3 is 0 Å². The Morgan fingerprint density at radius 1 is 1.00 bits per heavy atom. The Kier molecular flexibility index (Phi) is 9.03. The number of piperidine rings is 1. The lowest BCUT2D eigenvalue weighted by atomic mass is 9.86. The molecule has 0 atom stereocenters. The van der Waals surface area contributed by atoms with Gasteiger partial charge in [0.1, 0.15) is 5.75 Å². The standard InChI is InChI=1S/C25H38N2O3/c1-20-9-12-23(13-10-20)30-19-5-8-24(28)26-22-15-17-27(18-16-22)25(29)14-11-21-6-3-2-4-7-21/h9-10,12-13,21-22H,2-8,11,14-19H2,1H3,(H,26,28). The Morgan fingerprint density at radius 2 is 1.70 bits per heavy atom. The molecule has 30 heavy (non-hydrogen) atoms. The van der Waals surface area contributed by atoms with E-state index in [-0.39, 0.29) is 11.9 Å². The average molecular weight is 415 g/mol. The summed E-state index contributed by atoms with van der Waals surface area (Å²) in [5.74, 6) is 2.00. The van der Waals surface area contributed by atoms with Gasteiger partial charge in [-0.25, -0.2) is 0 Å². The average Bonchev–Trinajstić information content (AvgIpc) is 2.77. The molecule has 5 heteroatoms. The summed E-state index contributed by atoms with van der Waals surface area (Å²) < 4.78 is 5.68. The molecule has 0 aromatic heterocycles. The molecule has 5 nitrogen and oxygen atoms in total. The fourth-order valence-electron chi connectivity index (χ4n) is 4.59. The SMILES string of the molecule is Cc1ccc(OCCCC(=O)NC2CCN(C(=O)CCC3CCCCC3)CC2)cc1. The van der Waals surface area contributed by atoms with Crippen molar-refractivity contribution < 1.29 is 14.3 Å². The van der Waals surface area contributed by atoms with Gasteiger partial charge in [-0.15, -0.1) is 0 Å². The summed E-state index contributed by atoms with van der Waals surface area (Å²) in [6.45, 7) is 4.13. The van der Waals surface area contributed by atoms with Gasteiger partial charge < -0.3 is 15.0 Å². The maximum Gasteiger partial charge on any atom is 0.222 e. The Labute approximate surface area is 181 Å². The molecule has 1 heterocycles. The first-order chi connectivity index (χ1) is 14.6. The smallest absolute Gasteiger partial charge is 0.222 e. The van der Waals surface area contributed by atoms with Crippen LogP contribution in [0, 0.1) is 12.8 Å². The molecular formula is C25H38N2O3. The van der Waals surface area contributed by atoms with E-state index in [2.05, 4.69) is 5.32 Å². The molecule has 1 aliphatic heterocycles. The molecule has 1 saturated carbocycles. The molecule has 1 aromatic carbocycles. The first kappa shape index (κ1) is 22.6. The van der Waals surface area contributed by atoms with Crippen molar-refractivity contribution in [2.24, 2.45) is 5.92 Å². The van der Waals surface area contributed by atoms with Gasteiger partial charge in [-0.2, -0.15) is 0 Å². The number of aryl methyl sites for hydroxylation is 1. The summed E-state index contributed by atoms with van der Waals surface area (Å²) in [6.07, 6.45) is 11.3. The highest BCUT2D eigenvalue weighted by Crippen LogP contribution is 2.27. The van der Waals surface area contributed by atoms with Crippen molar-refractivity contribution in [1.29, 1.82) is 0 Å². The first-order valence-electron chi connectivity index (χ1n) is 11.9. The van der Waals surface area contributed by atoms with Crippen molar-refractivity contribution in [3.63, 3.8) is 0 Å². The van der Waals surface area contributed by atoms with Crippen LogP contribution in [-0.2, 0) is 9.59 Å². The van der Waals surface area contributed by atoms with Crippen molar-refractivity contribution in [1.82, 2.24) is 10.2 Å². The maximum absolute atomic E-state index is 12.5. The van der Waals surface area contributed by atoms with Crippen LogP contribution in [0.3, 0.4) is 0 Å². The number of nitrogens with zero attached hydrogens (tertiary/aromatic N) is 1. The summed E-state index contributed by atoms with van der Waals surface area (Å²) in [5.41, 5.74) is 1.21. The highest BCUT2D eigenvalue weighted by atomic mass is 16.5. The van der Waals surface area contributed by atoms with Gasteiger partial charge in [0.15, 0.2) is 0 Å². The van der Waals surface area contributed by atoms with E-state index in [1.54, 1.807) is 0 Å². The van der Waals surface area contributed by atoms with Crippen molar-refractivity contribution in [3.05, 3.63) is 29.8 Å². The third-order valence-corrected chi connectivity index (χ3v) is 6.54. The number of nitrogens with one attached hydrogen (secondary N) is 1. The number of benzene rings is 1. The topological polar surface area (TPSA) is 58.6 Å². The predicted molar refractivity (Wildman–Crippen MR) is 119 cm³/mol. The number of likely N-dealkylation sites (tertiary alicyclic amines) is 1. The number of carbonyl (C=O) groups excluding carboxylic acids is 2. The molecule has 3 rings (SSSR count). The van der Waals surface area contributed by atoms with Crippen LogP contribution in [0.2, 0.25) is 0 Å². The van der Waals surface area contributed by atoms with E-state index >= 15 is 0 Å². The fraction of sp³-hybridized carbons (Fsp3) is 0.680. The van der Waals surface area contributed by atoms with Gasteiger partial charge in [0.25, 0.3) is 0 Å². The minimum absolute atomic E-state index is 0.0876. The molecule has 0 unspecified atom stereocenters.